The highest BCUT2D eigenvalue weighted by molar-refractivity contribution is 5.84. The first kappa shape index (κ1) is 9.77. The zero-order valence-electron chi connectivity index (χ0n) is 9.16. The second-order valence-corrected chi connectivity index (χ2v) is 3.46. The number of benzene rings is 1. The summed E-state index contributed by atoms with van der Waals surface area (Å²) in [6, 6.07) is 7.99. The van der Waals surface area contributed by atoms with E-state index in [9.17, 15) is 0 Å². The lowest BCUT2D eigenvalue weighted by atomic mass is 10.1. The molecule has 0 saturated heterocycles. The first-order valence-electron chi connectivity index (χ1n) is 4.87. The van der Waals surface area contributed by atoms with E-state index in [-0.39, 0.29) is 0 Å². The van der Waals surface area contributed by atoms with Gasteiger partial charge in [-0.2, -0.15) is 0 Å². The number of hydrogen-bond donors (Lipinski definition) is 1. The van der Waals surface area contributed by atoms with Crippen LogP contribution in [0.5, 0.6) is 5.75 Å². The molecule has 0 fully saturated rings. The van der Waals surface area contributed by atoms with Gasteiger partial charge >= 0.3 is 0 Å². The van der Waals surface area contributed by atoms with Crippen LogP contribution in [-0.2, 0) is 0 Å². The predicted octanol–water partition coefficient (Wildman–Crippen LogP) is 2.59. The van der Waals surface area contributed by atoms with Gasteiger partial charge in [0.05, 0.1) is 12.6 Å². The van der Waals surface area contributed by atoms with Gasteiger partial charge in [0.1, 0.15) is 11.6 Å². The molecule has 0 amide bonds. The van der Waals surface area contributed by atoms with Crippen molar-refractivity contribution >= 4 is 16.7 Å². The van der Waals surface area contributed by atoms with Gasteiger partial charge in [0.2, 0.25) is 0 Å². The Hall–Kier alpha value is -1.77. The Labute approximate surface area is 89.1 Å². The van der Waals surface area contributed by atoms with E-state index in [0.717, 1.165) is 28.0 Å². The molecule has 3 heteroatoms. The van der Waals surface area contributed by atoms with Crippen LogP contribution in [0.4, 0.5) is 5.82 Å². The van der Waals surface area contributed by atoms with Gasteiger partial charge in [0.15, 0.2) is 0 Å². The number of aryl methyl sites for hydroxylation is 1. The van der Waals surface area contributed by atoms with Crippen molar-refractivity contribution in [3.63, 3.8) is 0 Å². The third-order valence-corrected chi connectivity index (χ3v) is 2.45. The fraction of sp³-hybridized carbons (Fsp3) is 0.250. The molecule has 0 unspecified atom stereocenters. The molecule has 0 saturated carbocycles. The Balaban J connectivity index is 2.68. The highest BCUT2D eigenvalue weighted by atomic mass is 16.5. The smallest absolute Gasteiger partial charge is 0.126 e. The van der Waals surface area contributed by atoms with E-state index in [0.29, 0.717) is 0 Å². The summed E-state index contributed by atoms with van der Waals surface area (Å²) < 4.78 is 5.22. The van der Waals surface area contributed by atoms with Gasteiger partial charge in [-0.3, -0.25) is 0 Å². The van der Waals surface area contributed by atoms with Crippen LogP contribution in [0, 0.1) is 6.92 Å². The summed E-state index contributed by atoms with van der Waals surface area (Å²) in [5, 5.41) is 4.14. The van der Waals surface area contributed by atoms with Gasteiger partial charge in [0, 0.05) is 12.4 Å². The molecule has 1 aromatic heterocycles. The molecule has 0 aliphatic heterocycles. The maximum atomic E-state index is 5.22. The van der Waals surface area contributed by atoms with Gasteiger partial charge in [-0.1, -0.05) is 0 Å². The van der Waals surface area contributed by atoms with Gasteiger partial charge in [0.25, 0.3) is 0 Å². The van der Waals surface area contributed by atoms with Gasteiger partial charge in [-0.05, 0) is 36.8 Å². The minimum atomic E-state index is 0.874. The van der Waals surface area contributed by atoms with Crippen molar-refractivity contribution in [1.82, 2.24) is 4.98 Å². The summed E-state index contributed by atoms with van der Waals surface area (Å²) >= 11 is 0. The number of ether oxygens (including phenoxy) is 1. The quantitative estimate of drug-likeness (QED) is 0.812. The van der Waals surface area contributed by atoms with Crippen LogP contribution in [0.1, 0.15) is 5.56 Å². The van der Waals surface area contributed by atoms with E-state index in [1.807, 2.05) is 38.2 Å². The van der Waals surface area contributed by atoms with E-state index in [1.54, 1.807) is 7.11 Å². The summed E-state index contributed by atoms with van der Waals surface area (Å²) in [5.41, 5.74) is 2.14. The van der Waals surface area contributed by atoms with Crippen LogP contribution in [0.3, 0.4) is 0 Å². The average Bonchev–Trinajstić information content (AvgIpc) is 2.28. The molecule has 0 spiro atoms. The molecule has 2 rings (SSSR count). The lowest BCUT2D eigenvalue weighted by Gasteiger charge is -2.07. The van der Waals surface area contributed by atoms with Crippen molar-refractivity contribution in [3.8, 4) is 5.75 Å². The standard InChI is InChI=1S/C12H14N2O/c1-8-6-10(15-3)7-9-4-5-11(13-2)14-12(8)9/h4-7H,1-3H3,(H,13,14). The monoisotopic (exact) mass is 202 g/mol. The second kappa shape index (κ2) is 3.77. The van der Waals surface area contributed by atoms with E-state index in [2.05, 4.69) is 10.3 Å². The summed E-state index contributed by atoms with van der Waals surface area (Å²) in [7, 11) is 3.54. The highest BCUT2D eigenvalue weighted by Gasteiger charge is 2.03. The molecule has 1 aromatic carbocycles. The highest BCUT2D eigenvalue weighted by Crippen LogP contribution is 2.24. The van der Waals surface area contributed by atoms with Crippen LogP contribution >= 0.6 is 0 Å². The van der Waals surface area contributed by atoms with Crippen LogP contribution < -0.4 is 10.1 Å². The number of rotatable bonds is 2. The summed E-state index contributed by atoms with van der Waals surface area (Å²) in [5.74, 6) is 1.76. The number of nitrogens with one attached hydrogen (secondary N) is 1. The minimum absolute atomic E-state index is 0.874. The molecule has 0 aliphatic rings. The molecule has 1 N–H and O–H groups in total. The first-order valence-corrected chi connectivity index (χ1v) is 4.87. The molecule has 0 radical (unpaired) electrons. The van der Waals surface area contributed by atoms with Gasteiger partial charge < -0.3 is 10.1 Å². The zero-order valence-corrected chi connectivity index (χ0v) is 9.16. The predicted molar refractivity (Wildman–Crippen MR) is 62.6 cm³/mol. The number of nitrogens with zero attached hydrogens (tertiary/aromatic N) is 1. The molecule has 0 bridgehead atoms. The van der Waals surface area contributed by atoms with Crippen molar-refractivity contribution in [2.45, 2.75) is 6.92 Å². The summed E-state index contributed by atoms with van der Waals surface area (Å²) in [6.45, 7) is 2.04. The van der Waals surface area contributed by atoms with E-state index in [4.69, 9.17) is 4.74 Å². The van der Waals surface area contributed by atoms with E-state index < -0.39 is 0 Å². The fourth-order valence-corrected chi connectivity index (χ4v) is 1.64. The van der Waals surface area contributed by atoms with E-state index >= 15 is 0 Å². The molecule has 1 heterocycles. The number of fused-ring (bicyclic) bond motifs is 1. The topological polar surface area (TPSA) is 34.1 Å². The maximum Gasteiger partial charge on any atom is 0.126 e. The van der Waals surface area contributed by atoms with Gasteiger partial charge in [-0.25, -0.2) is 4.98 Å². The number of aromatic nitrogens is 1. The fourth-order valence-electron chi connectivity index (χ4n) is 1.64. The largest absolute Gasteiger partial charge is 0.497 e. The number of methoxy groups -OCH3 is 1. The Morgan fingerprint density at radius 2 is 2.07 bits per heavy atom. The molecular formula is C12H14N2O. The summed E-state index contributed by atoms with van der Waals surface area (Å²) in [4.78, 5) is 4.50. The maximum absolute atomic E-state index is 5.22. The third kappa shape index (κ3) is 1.73. The molecular weight excluding hydrogens is 188 g/mol. The van der Waals surface area contributed by atoms with Crippen molar-refractivity contribution in [1.29, 1.82) is 0 Å². The lowest BCUT2D eigenvalue weighted by Crippen LogP contribution is -1.94. The third-order valence-electron chi connectivity index (χ3n) is 2.45. The van der Waals surface area contributed by atoms with Crippen LogP contribution in [-0.4, -0.2) is 19.1 Å². The van der Waals surface area contributed by atoms with Crippen molar-refractivity contribution < 1.29 is 4.74 Å². The molecule has 15 heavy (non-hydrogen) atoms. The lowest BCUT2D eigenvalue weighted by molar-refractivity contribution is 0.415. The van der Waals surface area contributed by atoms with Crippen LogP contribution in [0.15, 0.2) is 24.3 Å². The Kier molecular flexibility index (Phi) is 2.46. The summed E-state index contributed by atoms with van der Waals surface area (Å²) in [6.07, 6.45) is 0. The molecule has 0 atom stereocenters. The zero-order chi connectivity index (χ0) is 10.8. The first-order chi connectivity index (χ1) is 7.24. The van der Waals surface area contributed by atoms with Crippen molar-refractivity contribution in [2.75, 3.05) is 19.5 Å². The average molecular weight is 202 g/mol. The Morgan fingerprint density at radius 3 is 2.73 bits per heavy atom. The molecule has 3 nitrogen and oxygen atoms in total. The Morgan fingerprint density at radius 1 is 1.27 bits per heavy atom. The number of hydrogen-bond acceptors (Lipinski definition) is 3. The normalized spacial score (nSPS) is 10.3. The number of anilines is 1. The Bertz CT molecular complexity index is 494. The van der Waals surface area contributed by atoms with Crippen molar-refractivity contribution in [3.05, 3.63) is 29.8 Å². The molecule has 2 aromatic rings. The van der Waals surface area contributed by atoms with Gasteiger partial charge in [-0.15, -0.1) is 0 Å². The van der Waals surface area contributed by atoms with Crippen LogP contribution in [0.25, 0.3) is 10.9 Å². The van der Waals surface area contributed by atoms with E-state index in [1.165, 1.54) is 0 Å². The second-order valence-electron chi connectivity index (χ2n) is 3.46. The van der Waals surface area contributed by atoms with Crippen molar-refractivity contribution in [2.24, 2.45) is 0 Å². The minimum Gasteiger partial charge on any atom is -0.497 e. The SMILES string of the molecule is CNc1ccc2cc(OC)cc(C)c2n1. The number of pyridine rings is 1. The molecule has 78 valence electrons. The molecule has 0 aliphatic carbocycles. The van der Waals surface area contributed by atoms with Crippen LogP contribution in [0.2, 0.25) is 0 Å².